The summed E-state index contributed by atoms with van der Waals surface area (Å²) in [5.74, 6) is -4.16. The third-order valence-electron chi connectivity index (χ3n) is 3.47. The topological polar surface area (TPSA) is 103 Å². The van der Waals surface area contributed by atoms with Gasteiger partial charge in [0.2, 0.25) is 0 Å². The Hall–Kier alpha value is -2.92. The van der Waals surface area contributed by atoms with Crippen molar-refractivity contribution in [3.8, 4) is 11.5 Å². The van der Waals surface area contributed by atoms with E-state index in [9.17, 15) is 28.1 Å². The number of amides is 2. The summed E-state index contributed by atoms with van der Waals surface area (Å²) in [6, 6.07) is 5.12. The molecule has 0 saturated carbocycles. The molecule has 13 heteroatoms. The van der Waals surface area contributed by atoms with Gasteiger partial charge >= 0.3 is 18.1 Å². The van der Waals surface area contributed by atoms with E-state index in [0.717, 1.165) is 30.3 Å². The van der Waals surface area contributed by atoms with Crippen LogP contribution in [0.5, 0.6) is 11.5 Å². The van der Waals surface area contributed by atoms with Crippen molar-refractivity contribution in [2.24, 2.45) is 0 Å². The van der Waals surface area contributed by atoms with E-state index in [1.165, 1.54) is 11.4 Å². The number of hydrogen-bond acceptors (Lipinski definition) is 5. The highest BCUT2D eigenvalue weighted by Gasteiger charge is 2.65. The lowest BCUT2D eigenvalue weighted by molar-refractivity contribution is -0.384. The van der Waals surface area contributed by atoms with Crippen molar-refractivity contribution in [2.75, 3.05) is 5.32 Å². The van der Waals surface area contributed by atoms with Gasteiger partial charge in [0.25, 0.3) is 5.69 Å². The molecule has 2 aromatic rings. The van der Waals surface area contributed by atoms with Crippen LogP contribution < -0.4 is 20.1 Å². The Morgan fingerprint density at radius 3 is 2.43 bits per heavy atom. The van der Waals surface area contributed by atoms with E-state index in [2.05, 4.69) is 0 Å². The number of nitrogens with one attached hydrogen (secondary N) is 2. The van der Waals surface area contributed by atoms with Gasteiger partial charge in [0.05, 0.1) is 15.6 Å². The Balaban J connectivity index is 1.85. The van der Waals surface area contributed by atoms with Gasteiger partial charge in [0, 0.05) is 23.2 Å². The monoisotopic (exact) mass is 437 g/mol. The number of fused-ring (bicyclic) bond motifs is 1. The lowest BCUT2D eigenvalue weighted by Crippen LogP contribution is -2.65. The van der Waals surface area contributed by atoms with Gasteiger partial charge in [-0.25, -0.2) is 4.79 Å². The average Bonchev–Trinajstić information content (AvgIpc) is 2.94. The van der Waals surface area contributed by atoms with Crippen molar-refractivity contribution in [1.82, 2.24) is 5.32 Å². The summed E-state index contributed by atoms with van der Waals surface area (Å²) in [4.78, 5) is 22.2. The molecule has 0 bridgehead atoms. The Bertz CT molecular complexity index is 972. The molecule has 2 amide bonds. The van der Waals surface area contributed by atoms with Gasteiger partial charge in [-0.2, -0.15) is 13.2 Å². The van der Waals surface area contributed by atoms with E-state index in [1.807, 2.05) is 5.32 Å². The predicted octanol–water partition coefficient (Wildman–Crippen LogP) is 4.71. The standard InChI is InChI=1S/C15H8Cl2F3N3O5/c16-7-1-4-11-12(5-7)28-15(27-11,14(18,19)20)22-13(24)21-10-6-8(23(25)26)2-3-9(10)17/h1-6H,(H2,21,22,24). The average molecular weight is 438 g/mol. The van der Waals surface area contributed by atoms with Crippen LogP contribution in [-0.4, -0.2) is 23.0 Å². The van der Waals surface area contributed by atoms with Crippen LogP contribution >= 0.6 is 23.2 Å². The second-order valence-corrected chi connectivity index (χ2v) is 6.25. The van der Waals surface area contributed by atoms with Crippen molar-refractivity contribution in [3.63, 3.8) is 0 Å². The molecule has 0 saturated heterocycles. The van der Waals surface area contributed by atoms with Gasteiger partial charge in [-0.1, -0.05) is 23.2 Å². The fourth-order valence-corrected chi connectivity index (χ4v) is 2.57. The summed E-state index contributed by atoms with van der Waals surface area (Å²) < 4.78 is 50.4. The molecule has 8 nitrogen and oxygen atoms in total. The number of ether oxygens (including phenoxy) is 2. The fraction of sp³-hybridized carbons (Fsp3) is 0.133. The molecule has 2 N–H and O–H groups in total. The zero-order valence-electron chi connectivity index (χ0n) is 13.3. The number of carbonyl (C=O) groups is 1. The number of nitrogens with zero attached hydrogens (tertiary/aromatic N) is 1. The SMILES string of the molecule is O=C(Nc1cc([N+](=O)[O-])ccc1Cl)NC1(C(F)(F)F)Oc2ccc(Cl)cc2O1. The first-order valence-corrected chi connectivity index (χ1v) is 8.04. The van der Waals surface area contributed by atoms with Crippen molar-refractivity contribution in [1.29, 1.82) is 0 Å². The quantitative estimate of drug-likeness (QED) is 0.534. The number of benzene rings is 2. The summed E-state index contributed by atoms with van der Waals surface area (Å²) in [5.41, 5.74) is -0.718. The van der Waals surface area contributed by atoms with E-state index in [0.29, 0.717) is 0 Å². The number of alkyl halides is 3. The van der Waals surface area contributed by atoms with Crippen LogP contribution in [0.25, 0.3) is 0 Å². The Morgan fingerprint density at radius 1 is 1.11 bits per heavy atom. The molecule has 1 aliphatic rings. The van der Waals surface area contributed by atoms with E-state index < -0.39 is 28.7 Å². The molecule has 2 aromatic carbocycles. The van der Waals surface area contributed by atoms with Crippen LogP contribution in [0.4, 0.5) is 29.3 Å². The van der Waals surface area contributed by atoms with E-state index >= 15 is 0 Å². The van der Waals surface area contributed by atoms with Crippen molar-refractivity contribution >= 4 is 40.6 Å². The molecule has 0 spiro atoms. The number of nitro benzene ring substituents is 1. The molecule has 3 rings (SSSR count). The molecule has 0 aliphatic carbocycles. The van der Waals surface area contributed by atoms with Gasteiger partial charge < -0.3 is 14.8 Å². The first-order chi connectivity index (χ1) is 13.0. The van der Waals surface area contributed by atoms with Gasteiger partial charge in [0.1, 0.15) is 0 Å². The molecular formula is C15H8Cl2F3N3O5. The first kappa shape index (κ1) is 19.8. The maximum absolute atomic E-state index is 13.6. The normalized spacial score (nSPS) is 17.9. The van der Waals surface area contributed by atoms with Gasteiger partial charge in [-0.05, 0) is 18.2 Å². The Morgan fingerprint density at radius 2 is 1.79 bits per heavy atom. The van der Waals surface area contributed by atoms with E-state index in [-0.39, 0.29) is 27.2 Å². The molecule has 0 radical (unpaired) electrons. The minimum atomic E-state index is -5.19. The van der Waals surface area contributed by atoms with Crippen LogP contribution in [0.3, 0.4) is 0 Å². The largest absolute Gasteiger partial charge is 0.492 e. The highest BCUT2D eigenvalue weighted by Crippen LogP contribution is 2.46. The summed E-state index contributed by atoms with van der Waals surface area (Å²) in [6.45, 7) is 0. The first-order valence-electron chi connectivity index (χ1n) is 7.28. The number of nitro groups is 1. The number of halogens is 5. The third kappa shape index (κ3) is 3.71. The molecule has 148 valence electrons. The molecule has 1 aliphatic heterocycles. The van der Waals surface area contributed by atoms with E-state index in [1.54, 1.807) is 0 Å². The number of non-ortho nitro benzene ring substituents is 1. The van der Waals surface area contributed by atoms with E-state index in [4.69, 9.17) is 32.7 Å². The number of hydrogen-bond donors (Lipinski definition) is 2. The van der Waals surface area contributed by atoms with Crippen LogP contribution in [-0.2, 0) is 0 Å². The van der Waals surface area contributed by atoms with Gasteiger partial charge in [0.15, 0.2) is 11.5 Å². The van der Waals surface area contributed by atoms with Crippen LogP contribution in [0.15, 0.2) is 36.4 Å². The molecule has 1 heterocycles. The molecule has 0 fully saturated rings. The van der Waals surface area contributed by atoms with Gasteiger partial charge in [-0.15, -0.1) is 0 Å². The second kappa shape index (κ2) is 6.91. The molecule has 0 aromatic heterocycles. The van der Waals surface area contributed by atoms with Crippen molar-refractivity contribution in [3.05, 3.63) is 56.6 Å². The summed E-state index contributed by atoms with van der Waals surface area (Å²) in [6.07, 6.45) is -5.19. The smallest absolute Gasteiger partial charge is 0.424 e. The molecular weight excluding hydrogens is 430 g/mol. The third-order valence-corrected chi connectivity index (χ3v) is 4.04. The number of urea groups is 1. The van der Waals surface area contributed by atoms with Crippen LogP contribution in [0, 0.1) is 10.1 Å². The highest BCUT2D eigenvalue weighted by molar-refractivity contribution is 6.33. The highest BCUT2D eigenvalue weighted by atomic mass is 35.5. The zero-order chi connectivity index (χ0) is 20.7. The summed E-state index contributed by atoms with van der Waals surface area (Å²) in [7, 11) is 0. The van der Waals surface area contributed by atoms with Crippen LogP contribution in [0.1, 0.15) is 0 Å². The van der Waals surface area contributed by atoms with Crippen LogP contribution in [0.2, 0.25) is 10.0 Å². The zero-order valence-corrected chi connectivity index (χ0v) is 14.9. The Labute approximate surface area is 164 Å². The van der Waals surface area contributed by atoms with Crippen molar-refractivity contribution < 1.29 is 32.4 Å². The maximum atomic E-state index is 13.6. The number of anilines is 1. The minimum absolute atomic E-state index is 0.0909. The molecule has 1 unspecified atom stereocenters. The number of carbonyl (C=O) groups excluding carboxylic acids is 1. The molecule has 1 atom stereocenters. The number of rotatable bonds is 3. The molecule has 28 heavy (non-hydrogen) atoms. The summed E-state index contributed by atoms with van der Waals surface area (Å²) in [5, 5.41) is 14.3. The lowest BCUT2D eigenvalue weighted by Gasteiger charge is -2.29. The predicted molar refractivity (Wildman–Crippen MR) is 91.8 cm³/mol. The van der Waals surface area contributed by atoms with Crippen molar-refractivity contribution in [2.45, 2.75) is 12.1 Å². The maximum Gasteiger partial charge on any atom is 0.492 e. The fourth-order valence-electron chi connectivity index (χ4n) is 2.24. The minimum Gasteiger partial charge on any atom is -0.424 e. The lowest BCUT2D eigenvalue weighted by atomic mass is 10.3. The summed E-state index contributed by atoms with van der Waals surface area (Å²) >= 11 is 11.5. The second-order valence-electron chi connectivity index (χ2n) is 5.41. The Kier molecular flexibility index (Phi) is 4.90. The van der Waals surface area contributed by atoms with Gasteiger partial charge in [-0.3, -0.25) is 15.4 Å².